The summed E-state index contributed by atoms with van der Waals surface area (Å²) in [6.07, 6.45) is 0.322. The van der Waals surface area contributed by atoms with E-state index >= 15 is 0 Å². The summed E-state index contributed by atoms with van der Waals surface area (Å²) in [5.74, 6) is 0.532. The number of allylic oxidation sites excluding steroid dienone is 1. The van der Waals surface area contributed by atoms with Crippen molar-refractivity contribution in [1.82, 2.24) is 5.32 Å². The van der Waals surface area contributed by atoms with Crippen LogP contribution in [0.3, 0.4) is 0 Å². The molecule has 0 fully saturated rings. The van der Waals surface area contributed by atoms with E-state index in [4.69, 9.17) is 0 Å². The first-order chi connectivity index (χ1) is 11.3. The standard InChI is InChI=1S/C19H16N2OS/c20-12-17-16(15-9-5-2-6-10-15)11-18(22)21-19(17)23-13-14-7-3-1-4-8-14/h1-10,16H,11,13H2,(H,21,22)/t16-/m1/s1. The largest absolute Gasteiger partial charge is 0.320 e. The Balaban J connectivity index is 1.87. The monoisotopic (exact) mass is 320 g/mol. The van der Waals surface area contributed by atoms with E-state index in [-0.39, 0.29) is 11.8 Å². The minimum atomic E-state index is -0.159. The zero-order chi connectivity index (χ0) is 16.1. The highest BCUT2D eigenvalue weighted by Crippen LogP contribution is 2.36. The Hall–Kier alpha value is -2.51. The second-order valence-electron chi connectivity index (χ2n) is 5.34. The van der Waals surface area contributed by atoms with Gasteiger partial charge in [-0.3, -0.25) is 4.79 Å². The Kier molecular flexibility index (Phi) is 4.80. The van der Waals surface area contributed by atoms with E-state index in [0.29, 0.717) is 17.0 Å². The third-order valence-electron chi connectivity index (χ3n) is 3.78. The molecular formula is C19H16N2OS. The van der Waals surface area contributed by atoms with Gasteiger partial charge in [0.25, 0.3) is 0 Å². The zero-order valence-corrected chi connectivity index (χ0v) is 13.3. The Morgan fingerprint density at radius 2 is 1.74 bits per heavy atom. The summed E-state index contributed by atoms with van der Waals surface area (Å²) in [7, 11) is 0. The Labute approximate surface area is 140 Å². The van der Waals surface area contributed by atoms with Crippen LogP contribution < -0.4 is 5.32 Å². The molecule has 1 aliphatic rings. The number of nitrogens with zero attached hydrogens (tertiary/aromatic N) is 1. The molecule has 1 N–H and O–H groups in total. The number of hydrogen-bond donors (Lipinski definition) is 1. The number of thioether (sulfide) groups is 1. The molecule has 0 spiro atoms. The van der Waals surface area contributed by atoms with E-state index in [2.05, 4.69) is 11.4 Å². The fourth-order valence-electron chi connectivity index (χ4n) is 2.63. The number of rotatable bonds is 4. The molecule has 0 saturated heterocycles. The van der Waals surface area contributed by atoms with Crippen molar-refractivity contribution < 1.29 is 4.79 Å². The molecule has 3 rings (SSSR count). The minimum absolute atomic E-state index is 0.0339. The van der Waals surface area contributed by atoms with Crippen LogP contribution in [-0.4, -0.2) is 5.91 Å². The lowest BCUT2D eigenvalue weighted by Crippen LogP contribution is -2.30. The Morgan fingerprint density at radius 3 is 2.39 bits per heavy atom. The van der Waals surface area contributed by atoms with E-state index < -0.39 is 0 Å². The summed E-state index contributed by atoms with van der Waals surface area (Å²) < 4.78 is 0. The minimum Gasteiger partial charge on any atom is -0.320 e. The SMILES string of the molecule is N#CC1=C(SCc2ccccc2)NC(=O)C[C@@H]1c1ccccc1. The number of nitriles is 1. The third-order valence-corrected chi connectivity index (χ3v) is 4.87. The number of carbonyl (C=O) groups excluding carboxylic acids is 1. The first-order valence-electron chi connectivity index (χ1n) is 7.43. The predicted molar refractivity (Wildman–Crippen MR) is 92.3 cm³/mol. The van der Waals surface area contributed by atoms with Crippen LogP contribution in [0.4, 0.5) is 0 Å². The van der Waals surface area contributed by atoms with E-state index in [1.54, 1.807) is 0 Å². The van der Waals surface area contributed by atoms with Gasteiger partial charge in [0, 0.05) is 18.1 Å². The van der Waals surface area contributed by atoms with Crippen molar-refractivity contribution in [2.45, 2.75) is 18.1 Å². The van der Waals surface area contributed by atoms with Crippen LogP contribution >= 0.6 is 11.8 Å². The van der Waals surface area contributed by atoms with Gasteiger partial charge < -0.3 is 5.32 Å². The van der Waals surface area contributed by atoms with Gasteiger partial charge in [0.15, 0.2) is 0 Å². The molecule has 0 saturated carbocycles. The summed E-state index contributed by atoms with van der Waals surface area (Å²) in [6, 6.07) is 22.1. The molecule has 2 aromatic rings. The number of carbonyl (C=O) groups is 1. The van der Waals surface area contributed by atoms with Crippen LogP contribution in [-0.2, 0) is 10.5 Å². The van der Waals surface area contributed by atoms with Crippen LogP contribution in [0.5, 0.6) is 0 Å². The summed E-state index contributed by atoms with van der Waals surface area (Å²) in [4.78, 5) is 12.1. The predicted octanol–water partition coefficient (Wildman–Crippen LogP) is 3.96. The highest BCUT2D eigenvalue weighted by atomic mass is 32.2. The van der Waals surface area contributed by atoms with Crippen molar-refractivity contribution in [2.75, 3.05) is 0 Å². The Bertz CT molecular complexity index is 763. The number of nitrogens with one attached hydrogen (secondary N) is 1. The second-order valence-corrected chi connectivity index (χ2v) is 6.33. The first kappa shape index (κ1) is 15.4. The molecule has 4 heteroatoms. The lowest BCUT2D eigenvalue weighted by Gasteiger charge is -2.25. The highest BCUT2D eigenvalue weighted by molar-refractivity contribution is 8.02. The maximum Gasteiger partial charge on any atom is 0.225 e. The van der Waals surface area contributed by atoms with Crippen molar-refractivity contribution >= 4 is 17.7 Å². The molecule has 0 aliphatic carbocycles. The van der Waals surface area contributed by atoms with Crippen molar-refractivity contribution in [3.63, 3.8) is 0 Å². The van der Waals surface area contributed by atoms with Crippen molar-refractivity contribution in [2.24, 2.45) is 0 Å². The van der Waals surface area contributed by atoms with Gasteiger partial charge in [0.05, 0.1) is 16.7 Å². The van der Waals surface area contributed by atoms with E-state index in [0.717, 1.165) is 11.3 Å². The molecule has 2 aromatic carbocycles. The van der Waals surface area contributed by atoms with Crippen molar-refractivity contribution in [3.8, 4) is 6.07 Å². The van der Waals surface area contributed by atoms with Gasteiger partial charge in [0.2, 0.25) is 5.91 Å². The van der Waals surface area contributed by atoms with Crippen LogP contribution in [0.15, 0.2) is 71.3 Å². The summed E-state index contributed by atoms with van der Waals surface area (Å²) in [5, 5.41) is 13.2. The molecule has 1 amide bonds. The Morgan fingerprint density at radius 1 is 1.09 bits per heavy atom. The normalized spacial score (nSPS) is 17.5. The molecular weight excluding hydrogens is 304 g/mol. The molecule has 1 atom stereocenters. The lowest BCUT2D eigenvalue weighted by molar-refractivity contribution is -0.120. The van der Waals surface area contributed by atoms with Crippen LogP contribution in [0, 0.1) is 11.3 Å². The molecule has 1 aliphatic heterocycles. The number of amides is 1. The van der Waals surface area contributed by atoms with Gasteiger partial charge in [-0.15, -0.1) is 11.8 Å². The van der Waals surface area contributed by atoms with Crippen LogP contribution in [0.2, 0.25) is 0 Å². The van der Waals surface area contributed by atoms with E-state index in [9.17, 15) is 10.1 Å². The number of hydrogen-bond acceptors (Lipinski definition) is 3. The maximum atomic E-state index is 12.1. The molecule has 23 heavy (non-hydrogen) atoms. The topological polar surface area (TPSA) is 52.9 Å². The van der Waals surface area contributed by atoms with Gasteiger partial charge >= 0.3 is 0 Å². The van der Waals surface area contributed by atoms with Crippen LogP contribution in [0.25, 0.3) is 0 Å². The average Bonchev–Trinajstić information content (AvgIpc) is 2.61. The fraction of sp³-hybridized carbons (Fsp3) is 0.158. The smallest absolute Gasteiger partial charge is 0.225 e. The quantitative estimate of drug-likeness (QED) is 0.927. The lowest BCUT2D eigenvalue weighted by atomic mass is 9.87. The fourth-order valence-corrected chi connectivity index (χ4v) is 3.67. The molecule has 0 radical (unpaired) electrons. The number of benzene rings is 2. The maximum absolute atomic E-state index is 12.1. The average molecular weight is 320 g/mol. The van der Waals surface area contributed by atoms with Gasteiger partial charge in [-0.1, -0.05) is 60.7 Å². The van der Waals surface area contributed by atoms with Crippen molar-refractivity contribution in [1.29, 1.82) is 5.26 Å². The summed E-state index contributed by atoms with van der Waals surface area (Å²) in [6.45, 7) is 0. The summed E-state index contributed by atoms with van der Waals surface area (Å²) >= 11 is 1.51. The molecule has 0 unspecified atom stereocenters. The molecule has 114 valence electrons. The van der Waals surface area contributed by atoms with Crippen LogP contribution in [0.1, 0.15) is 23.5 Å². The highest BCUT2D eigenvalue weighted by Gasteiger charge is 2.29. The van der Waals surface area contributed by atoms with Gasteiger partial charge in [-0.05, 0) is 11.1 Å². The molecule has 3 nitrogen and oxygen atoms in total. The second kappa shape index (κ2) is 7.17. The van der Waals surface area contributed by atoms with Gasteiger partial charge in [-0.25, -0.2) is 0 Å². The third kappa shape index (κ3) is 3.64. The van der Waals surface area contributed by atoms with Gasteiger partial charge in [0.1, 0.15) is 0 Å². The van der Waals surface area contributed by atoms with E-state index in [1.165, 1.54) is 17.3 Å². The molecule has 1 heterocycles. The van der Waals surface area contributed by atoms with Gasteiger partial charge in [-0.2, -0.15) is 5.26 Å². The zero-order valence-electron chi connectivity index (χ0n) is 12.5. The van der Waals surface area contributed by atoms with E-state index in [1.807, 2.05) is 60.7 Å². The molecule has 0 aromatic heterocycles. The summed E-state index contributed by atoms with van der Waals surface area (Å²) in [5.41, 5.74) is 2.83. The molecule has 0 bridgehead atoms. The van der Waals surface area contributed by atoms with Crippen molar-refractivity contribution in [3.05, 3.63) is 82.4 Å². The first-order valence-corrected chi connectivity index (χ1v) is 8.42.